The van der Waals surface area contributed by atoms with Crippen molar-refractivity contribution in [3.05, 3.63) is 84.3 Å². The SMILES string of the molecule is CN(Cc1cnn(-c2ccccc2)c1)c1ccnc2c(F)ccc(F)c12. The average molecular weight is 350 g/mol. The van der Waals surface area contributed by atoms with Gasteiger partial charge in [-0.2, -0.15) is 5.10 Å². The molecular weight excluding hydrogens is 334 g/mol. The fourth-order valence-corrected chi connectivity index (χ4v) is 3.02. The lowest BCUT2D eigenvalue weighted by atomic mass is 10.1. The Balaban J connectivity index is 1.66. The van der Waals surface area contributed by atoms with E-state index in [1.165, 1.54) is 6.20 Å². The Bertz CT molecular complexity index is 1060. The molecule has 0 aliphatic heterocycles. The summed E-state index contributed by atoms with van der Waals surface area (Å²) in [6.45, 7) is 0.502. The van der Waals surface area contributed by atoms with E-state index >= 15 is 0 Å². The second kappa shape index (κ2) is 6.55. The number of hydrogen-bond donors (Lipinski definition) is 0. The summed E-state index contributed by atoms with van der Waals surface area (Å²) >= 11 is 0. The van der Waals surface area contributed by atoms with Crippen LogP contribution in [0, 0.1) is 11.6 Å². The van der Waals surface area contributed by atoms with Gasteiger partial charge in [-0.25, -0.2) is 13.5 Å². The monoisotopic (exact) mass is 350 g/mol. The molecule has 130 valence electrons. The smallest absolute Gasteiger partial charge is 0.149 e. The topological polar surface area (TPSA) is 34.0 Å². The Morgan fingerprint density at radius 3 is 2.58 bits per heavy atom. The maximum atomic E-state index is 14.3. The Morgan fingerprint density at radius 2 is 1.77 bits per heavy atom. The standard InChI is InChI=1S/C20H16F2N4/c1-25(12-14-11-24-26(13-14)15-5-3-2-4-6-15)18-9-10-23-20-17(22)8-7-16(21)19(18)20/h2-11,13H,12H2,1H3. The zero-order chi connectivity index (χ0) is 18.1. The van der Waals surface area contributed by atoms with Crippen molar-refractivity contribution in [3.63, 3.8) is 0 Å². The first-order valence-corrected chi connectivity index (χ1v) is 8.16. The summed E-state index contributed by atoms with van der Waals surface area (Å²) < 4.78 is 30.1. The Morgan fingerprint density at radius 1 is 1.00 bits per heavy atom. The first kappa shape index (κ1) is 16.2. The van der Waals surface area contributed by atoms with E-state index in [9.17, 15) is 8.78 Å². The summed E-state index contributed by atoms with van der Waals surface area (Å²) in [5.41, 5.74) is 2.54. The van der Waals surface area contributed by atoms with E-state index in [-0.39, 0.29) is 10.9 Å². The van der Waals surface area contributed by atoms with Crippen LogP contribution >= 0.6 is 0 Å². The van der Waals surface area contributed by atoms with E-state index in [1.54, 1.807) is 16.9 Å². The number of benzene rings is 2. The largest absolute Gasteiger partial charge is 0.369 e. The van der Waals surface area contributed by atoms with Crippen LogP contribution in [0.25, 0.3) is 16.6 Å². The Labute approximate surface area is 149 Å². The molecular formula is C20H16F2N4. The van der Waals surface area contributed by atoms with Crippen LogP contribution in [0.2, 0.25) is 0 Å². The van der Waals surface area contributed by atoms with Crippen LogP contribution in [0.15, 0.2) is 67.1 Å². The van der Waals surface area contributed by atoms with Gasteiger partial charge in [0.15, 0.2) is 0 Å². The molecule has 4 aromatic rings. The van der Waals surface area contributed by atoms with Crippen molar-refractivity contribution >= 4 is 16.6 Å². The number of para-hydroxylation sites is 1. The molecule has 0 N–H and O–H groups in total. The molecule has 26 heavy (non-hydrogen) atoms. The number of pyridine rings is 1. The van der Waals surface area contributed by atoms with Crippen molar-refractivity contribution in [2.75, 3.05) is 11.9 Å². The van der Waals surface area contributed by atoms with Crippen LogP contribution in [0.5, 0.6) is 0 Å². The highest BCUT2D eigenvalue weighted by atomic mass is 19.1. The fourth-order valence-electron chi connectivity index (χ4n) is 3.02. The quantitative estimate of drug-likeness (QED) is 0.549. The van der Waals surface area contributed by atoms with Gasteiger partial charge in [0.1, 0.15) is 17.2 Å². The second-order valence-corrected chi connectivity index (χ2v) is 6.07. The average Bonchev–Trinajstić information content (AvgIpc) is 3.13. The number of halogens is 2. The van der Waals surface area contributed by atoms with E-state index in [0.717, 1.165) is 23.4 Å². The lowest BCUT2D eigenvalue weighted by molar-refractivity contribution is 0.615. The number of hydrogen-bond acceptors (Lipinski definition) is 3. The van der Waals surface area contributed by atoms with Crippen LogP contribution < -0.4 is 4.90 Å². The zero-order valence-corrected chi connectivity index (χ0v) is 14.1. The minimum atomic E-state index is -0.534. The molecule has 0 saturated heterocycles. The summed E-state index contributed by atoms with van der Waals surface area (Å²) in [5.74, 6) is -1.02. The number of rotatable bonds is 4. The minimum absolute atomic E-state index is 0.0364. The van der Waals surface area contributed by atoms with Gasteiger partial charge < -0.3 is 4.90 Å². The van der Waals surface area contributed by atoms with E-state index in [2.05, 4.69) is 10.1 Å². The summed E-state index contributed by atoms with van der Waals surface area (Å²) in [7, 11) is 1.83. The molecule has 2 aromatic heterocycles. The summed E-state index contributed by atoms with van der Waals surface area (Å²) in [5, 5.41) is 4.56. The fraction of sp³-hybridized carbons (Fsp3) is 0.100. The Hall–Kier alpha value is -3.28. The van der Waals surface area contributed by atoms with Crippen LogP contribution in [0.3, 0.4) is 0 Å². The summed E-state index contributed by atoms with van der Waals surface area (Å²) in [6.07, 6.45) is 5.18. The normalized spacial score (nSPS) is 11.0. The van der Waals surface area contributed by atoms with Crippen LogP contribution in [-0.4, -0.2) is 21.8 Å². The van der Waals surface area contributed by atoms with E-state index in [4.69, 9.17) is 0 Å². The second-order valence-electron chi connectivity index (χ2n) is 6.07. The third-order valence-corrected chi connectivity index (χ3v) is 4.26. The molecule has 0 bridgehead atoms. The van der Waals surface area contributed by atoms with E-state index < -0.39 is 11.6 Å². The minimum Gasteiger partial charge on any atom is -0.369 e. The number of nitrogens with zero attached hydrogens (tertiary/aromatic N) is 4. The molecule has 2 aromatic carbocycles. The van der Waals surface area contributed by atoms with Gasteiger partial charge >= 0.3 is 0 Å². The highest BCUT2D eigenvalue weighted by Gasteiger charge is 2.15. The van der Waals surface area contributed by atoms with Gasteiger partial charge in [-0.05, 0) is 30.3 Å². The molecule has 4 nitrogen and oxygen atoms in total. The summed E-state index contributed by atoms with van der Waals surface area (Å²) in [4.78, 5) is 5.84. The zero-order valence-electron chi connectivity index (χ0n) is 14.1. The molecule has 2 heterocycles. The lowest BCUT2D eigenvalue weighted by Gasteiger charge is -2.20. The molecule has 0 amide bonds. The predicted molar refractivity (Wildman–Crippen MR) is 97.3 cm³/mol. The Kier molecular flexibility index (Phi) is 4.08. The van der Waals surface area contributed by atoms with Gasteiger partial charge in [0.2, 0.25) is 0 Å². The van der Waals surface area contributed by atoms with Crippen molar-refractivity contribution < 1.29 is 8.78 Å². The van der Waals surface area contributed by atoms with Gasteiger partial charge in [0.05, 0.1) is 23.0 Å². The van der Waals surface area contributed by atoms with Crippen molar-refractivity contribution in [3.8, 4) is 5.69 Å². The molecule has 0 aliphatic rings. The van der Waals surface area contributed by atoms with Gasteiger partial charge in [-0.1, -0.05) is 18.2 Å². The van der Waals surface area contributed by atoms with Crippen molar-refractivity contribution in [2.24, 2.45) is 0 Å². The van der Waals surface area contributed by atoms with Gasteiger partial charge in [0.25, 0.3) is 0 Å². The van der Waals surface area contributed by atoms with Crippen LogP contribution in [0.1, 0.15) is 5.56 Å². The molecule has 0 unspecified atom stereocenters. The van der Waals surface area contributed by atoms with Crippen molar-refractivity contribution in [2.45, 2.75) is 6.54 Å². The molecule has 0 spiro atoms. The van der Waals surface area contributed by atoms with Crippen molar-refractivity contribution in [1.29, 1.82) is 0 Å². The first-order valence-electron chi connectivity index (χ1n) is 8.16. The molecule has 0 aliphatic carbocycles. The highest BCUT2D eigenvalue weighted by Crippen LogP contribution is 2.29. The third kappa shape index (κ3) is 2.90. The molecule has 0 radical (unpaired) electrons. The van der Waals surface area contributed by atoms with E-state index in [1.807, 2.05) is 48.5 Å². The van der Waals surface area contributed by atoms with Gasteiger partial charge in [-0.15, -0.1) is 0 Å². The maximum Gasteiger partial charge on any atom is 0.149 e. The summed E-state index contributed by atoms with van der Waals surface area (Å²) in [6, 6.07) is 13.7. The molecule has 4 rings (SSSR count). The number of aromatic nitrogens is 3. The van der Waals surface area contributed by atoms with E-state index in [0.29, 0.717) is 12.2 Å². The van der Waals surface area contributed by atoms with Gasteiger partial charge in [-0.3, -0.25) is 4.98 Å². The number of anilines is 1. The predicted octanol–water partition coefficient (Wildman–Crippen LogP) is 4.34. The van der Waals surface area contributed by atoms with Gasteiger partial charge in [0, 0.05) is 31.5 Å². The first-order chi connectivity index (χ1) is 12.6. The highest BCUT2D eigenvalue weighted by molar-refractivity contribution is 5.92. The maximum absolute atomic E-state index is 14.3. The van der Waals surface area contributed by atoms with Crippen LogP contribution in [-0.2, 0) is 6.54 Å². The molecule has 0 fully saturated rings. The molecule has 0 saturated carbocycles. The molecule has 6 heteroatoms. The third-order valence-electron chi connectivity index (χ3n) is 4.26. The molecule has 0 atom stereocenters. The van der Waals surface area contributed by atoms with Crippen LogP contribution in [0.4, 0.5) is 14.5 Å². The lowest BCUT2D eigenvalue weighted by Crippen LogP contribution is -2.17. The number of fused-ring (bicyclic) bond motifs is 1. The van der Waals surface area contributed by atoms with Crippen molar-refractivity contribution in [1.82, 2.24) is 14.8 Å².